The van der Waals surface area contributed by atoms with E-state index >= 15 is 0 Å². The predicted octanol–water partition coefficient (Wildman–Crippen LogP) is 2.46. The van der Waals surface area contributed by atoms with Crippen LogP contribution in [0, 0.1) is 17.8 Å². The summed E-state index contributed by atoms with van der Waals surface area (Å²) in [5.74, 6) is 0.927. The number of amides is 2. The number of hydrogen-bond acceptors (Lipinski definition) is 3. The molecule has 2 aromatic rings. The maximum Gasteiger partial charge on any atom is 0.326 e. The van der Waals surface area contributed by atoms with Gasteiger partial charge in [-0.05, 0) is 43.7 Å². The highest BCUT2D eigenvalue weighted by Crippen LogP contribution is 2.31. The van der Waals surface area contributed by atoms with Crippen LogP contribution in [0.15, 0.2) is 29.1 Å². The van der Waals surface area contributed by atoms with Gasteiger partial charge in [0.05, 0.1) is 11.0 Å². The van der Waals surface area contributed by atoms with Gasteiger partial charge in [-0.25, -0.2) is 4.79 Å². The Labute approximate surface area is 177 Å². The summed E-state index contributed by atoms with van der Waals surface area (Å²) in [5.41, 5.74) is 1.78. The Morgan fingerprint density at radius 1 is 1.00 bits per heavy atom. The molecule has 1 aliphatic carbocycles. The highest BCUT2D eigenvalue weighted by molar-refractivity contribution is 5.81. The third-order valence-electron chi connectivity index (χ3n) is 6.72. The van der Waals surface area contributed by atoms with Crippen molar-refractivity contribution < 1.29 is 9.59 Å². The Morgan fingerprint density at radius 3 is 2.30 bits per heavy atom. The summed E-state index contributed by atoms with van der Waals surface area (Å²) in [7, 11) is 0. The van der Waals surface area contributed by atoms with Crippen LogP contribution in [0.5, 0.6) is 0 Å². The molecule has 1 aliphatic heterocycles. The van der Waals surface area contributed by atoms with Gasteiger partial charge < -0.3 is 14.8 Å². The second kappa shape index (κ2) is 8.66. The van der Waals surface area contributed by atoms with Crippen molar-refractivity contribution in [2.45, 2.75) is 46.1 Å². The minimum atomic E-state index is -0.0526. The average molecular weight is 413 g/mol. The molecule has 4 rings (SSSR count). The lowest BCUT2D eigenvalue weighted by atomic mass is 9.81. The van der Waals surface area contributed by atoms with Crippen LogP contribution in [-0.4, -0.2) is 57.3 Å². The molecule has 2 fully saturated rings. The summed E-state index contributed by atoms with van der Waals surface area (Å²) in [4.78, 5) is 44.2. The van der Waals surface area contributed by atoms with Gasteiger partial charge in [0.25, 0.3) is 0 Å². The number of aromatic amines is 1. The van der Waals surface area contributed by atoms with E-state index in [1.165, 1.54) is 0 Å². The van der Waals surface area contributed by atoms with Gasteiger partial charge in [-0.2, -0.15) is 0 Å². The van der Waals surface area contributed by atoms with Gasteiger partial charge in [0.15, 0.2) is 0 Å². The highest BCUT2D eigenvalue weighted by atomic mass is 16.2. The van der Waals surface area contributed by atoms with Crippen LogP contribution in [0.2, 0.25) is 0 Å². The van der Waals surface area contributed by atoms with Gasteiger partial charge in [0.1, 0.15) is 0 Å². The Hall–Kier alpha value is -2.57. The van der Waals surface area contributed by atoms with Crippen LogP contribution in [0.3, 0.4) is 0 Å². The quantitative estimate of drug-likeness (QED) is 0.838. The van der Waals surface area contributed by atoms with Crippen LogP contribution in [0.25, 0.3) is 11.0 Å². The van der Waals surface area contributed by atoms with E-state index < -0.39 is 0 Å². The first kappa shape index (κ1) is 20.7. The number of para-hydroxylation sites is 2. The lowest BCUT2D eigenvalue weighted by Gasteiger charge is -2.38. The van der Waals surface area contributed by atoms with Crippen LogP contribution < -0.4 is 5.69 Å². The fraction of sp³-hybridized carbons (Fsp3) is 0.609. The van der Waals surface area contributed by atoms with E-state index in [9.17, 15) is 14.4 Å². The summed E-state index contributed by atoms with van der Waals surface area (Å²) in [6.45, 7) is 7.11. The van der Waals surface area contributed by atoms with Crippen molar-refractivity contribution in [2.75, 3.05) is 26.2 Å². The predicted molar refractivity (Wildman–Crippen MR) is 116 cm³/mol. The third-order valence-corrected chi connectivity index (χ3v) is 6.72. The molecular weight excluding hydrogens is 380 g/mol. The molecule has 0 atom stereocenters. The van der Waals surface area contributed by atoms with E-state index in [4.69, 9.17) is 0 Å². The summed E-state index contributed by atoms with van der Waals surface area (Å²) < 4.78 is 1.84. The molecular formula is C23H32N4O3. The second-order valence-electron chi connectivity index (χ2n) is 9.08. The molecule has 7 heteroatoms. The summed E-state index contributed by atoms with van der Waals surface area (Å²) in [6, 6.07) is 7.79. The molecule has 2 heterocycles. The third kappa shape index (κ3) is 4.16. The standard InChI is InChI=1S/C23H32N4O3/c1-16(2)21(28)25-11-13-26(14-12-25)22(29)18-9-7-17(8-10-18)15-27-20-6-4-3-5-19(20)24-23(27)30/h3-6,16-18H,7-15H2,1-2H3,(H,24,30)/t17-,18-. The number of piperazine rings is 1. The number of H-pyrrole nitrogens is 1. The molecule has 30 heavy (non-hydrogen) atoms. The summed E-state index contributed by atoms with van der Waals surface area (Å²) in [6.07, 6.45) is 3.69. The van der Waals surface area contributed by atoms with Gasteiger partial charge in [-0.15, -0.1) is 0 Å². The normalized spacial score (nSPS) is 22.6. The van der Waals surface area contributed by atoms with E-state index in [-0.39, 0.29) is 29.3 Å². The van der Waals surface area contributed by atoms with Crippen molar-refractivity contribution >= 4 is 22.8 Å². The van der Waals surface area contributed by atoms with Crippen molar-refractivity contribution in [2.24, 2.45) is 17.8 Å². The first-order chi connectivity index (χ1) is 14.4. The van der Waals surface area contributed by atoms with Crippen LogP contribution in [0.4, 0.5) is 0 Å². The molecule has 0 spiro atoms. The maximum absolute atomic E-state index is 13.0. The number of hydrogen-bond donors (Lipinski definition) is 1. The minimum absolute atomic E-state index is 0.00665. The number of aromatic nitrogens is 2. The molecule has 0 radical (unpaired) electrons. The van der Waals surface area contributed by atoms with Gasteiger partial charge in [-0.1, -0.05) is 26.0 Å². The SMILES string of the molecule is CC(C)C(=O)N1CCN(C(=O)[C@H]2CC[C@H](Cn3c(=O)[nH]c4ccccc43)CC2)CC1. The van der Waals surface area contributed by atoms with Crippen molar-refractivity contribution in [1.29, 1.82) is 0 Å². The Kier molecular flexibility index (Phi) is 5.97. The van der Waals surface area contributed by atoms with E-state index in [0.29, 0.717) is 38.6 Å². The van der Waals surface area contributed by atoms with Gasteiger partial charge in [0.2, 0.25) is 11.8 Å². The molecule has 1 N–H and O–H groups in total. The van der Waals surface area contributed by atoms with Gasteiger partial charge in [-0.3, -0.25) is 14.2 Å². The first-order valence-electron chi connectivity index (χ1n) is 11.2. The van der Waals surface area contributed by atoms with Crippen LogP contribution in [-0.2, 0) is 16.1 Å². The molecule has 162 valence electrons. The highest BCUT2D eigenvalue weighted by Gasteiger charge is 2.32. The second-order valence-corrected chi connectivity index (χ2v) is 9.08. The van der Waals surface area contributed by atoms with Gasteiger partial charge >= 0.3 is 5.69 Å². The zero-order valence-electron chi connectivity index (χ0n) is 18.0. The van der Waals surface area contributed by atoms with Crippen molar-refractivity contribution in [3.8, 4) is 0 Å². The molecule has 1 saturated heterocycles. The summed E-state index contributed by atoms with van der Waals surface area (Å²) in [5, 5.41) is 0. The first-order valence-corrected chi connectivity index (χ1v) is 11.2. The summed E-state index contributed by atoms with van der Waals surface area (Å²) >= 11 is 0. The fourth-order valence-electron chi connectivity index (χ4n) is 4.91. The average Bonchev–Trinajstić information content (AvgIpc) is 3.08. The molecule has 7 nitrogen and oxygen atoms in total. The van der Waals surface area contributed by atoms with Crippen molar-refractivity contribution in [1.82, 2.24) is 19.4 Å². The number of carbonyl (C=O) groups is 2. The molecule has 2 amide bonds. The van der Waals surface area contributed by atoms with E-state index in [1.807, 2.05) is 52.5 Å². The number of carbonyl (C=O) groups excluding carboxylic acids is 2. The number of nitrogens with zero attached hydrogens (tertiary/aromatic N) is 3. The van der Waals surface area contributed by atoms with Crippen LogP contribution >= 0.6 is 0 Å². The largest absolute Gasteiger partial charge is 0.339 e. The van der Waals surface area contributed by atoms with Gasteiger partial charge in [0, 0.05) is 44.6 Å². The minimum Gasteiger partial charge on any atom is -0.339 e. The lowest BCUT2D eigenvalue weighted by Crippen LogP contribution is -2.53. The van der Waals surface area contributed by atoms with Crippen molar-refractivity contribution in [3.63, 3.8) is 0 Å². The molecule has 0 bridgehead atoms. The Morgan fingerprint density at radius 2 is 1.63 bits per heavy atom. The smallest absolute Gasteiger partial charge is 0.326 e. The molecule has 0 unspecified atom stereocenters. The van der Waals surface area contributed by atoms with E-state index in [0.717, 1.165) is 36.7 Å². The van der Waals surface area contributed by atoms with Crippen molar-refractivity contribution in [3.05, 3.63) is 34.7 Å². The fourth-order valence-corrected chi connectivity index (χ4v) is 4.91. The molecule has 1 aromatic carbocycles. The number of imidazole rings is 1. The molecule has 2 aliphatic rings. The number of fused-ring (bicyclic) bond motifs is 1. The zero-order valence-corrected chi connectivity index (χ0v) is 18.0. The number of nitrogens with one attached hydrogen (secondary N) is 1. The lowest BCUT2D eigenvalue weighted by molar-refractivity contribution is -0.144. The number of rotatable bonds is 4. The van der Waals surface area contributed by atoms with E-state index in [1.54, 1.807) is 0 Å². The maximum atomic E-state index is 13.0. The Bertz CT molecular complexity index is 960. The molecule has 1 aromatic heterocycles. The van der Waals surface area contributed by atoms with E-state index in [2.05, 4.69) is 4.98 Å². The zero-order chi connectivity index (χ0) is 21.3. The monoisotopic (exact) mass is 412 g/mol. The number of benzene rings is 1. The Balaban J connectivity index is 1.29. The van der Waals surface area contributed by atoms with Crippen LogP contribution in [0.1, 0.15) is 39.5 Å². The molecule has 1 saturated carbocycles. The topological polar surface area (TPSA) is 78.4 Å².